The van der Waals surface area contributed by atoms with E-state index >= 15 is 0 Å². The van der Waals surface area contributed by atoms with Crippen molar-refractivity contribution >= 4 is 20.9 Å². The molecule has 4 rings (SSSR count). The van der Waals surface area contributed by atoms with E-state index in [-0.39, 0.29) is 17.5 Å². The molecule has 0 spiro atoms. The van der Waals surface area contributed by atoms with Gasteiger partial charge in [-0.3, -0.25) is 9.88 Å². The average Bonchev–Trinajstić information content (AvgIpc) is 3.03. The number of fused-ring (bicyclic) bond motifs is 1. The number of sulfonamides is 1. The molecule has 160 valence electrons. The summed E-state index contributed by atoms with van der Waals surface area (Å²) in [5, 5.41) is 4.74. The summed E-state index contributed by atoms with van der Waals surface area (Å²) in [5.41, 5.74) is 0.494. The van der Waals surface area contributed by atoms with Crippen LogP contribution in [0.3, 0.4) is 0 Å². The van der Waals surface area contributed by atoms with Gasteiger partial charge in [0.15, 0.2) is 5.82 Å². The van der Waals surface area contributed by atoms with Crippen molar-refractivity contribution in [3.8, 4) is 0 Å². The Balaban J connectivity index is 1.73. The van der Waals surface area contributed by atoms with Crippen molar-refractivity contribution in [2.45, 2.75) is 38.1 Å². The maximum Gasteiger partial charge on any atom is 0.245 e. The van der Waals surface area contributed by atoms with E-state index in [1.807, 2.05) is 18.2 Å². The van der Waals surface area contributed by atoms with Crippen LogP contribution in [0.5, 0.6) is 0 Å². The monoisotopic (exact) mass is 429 g/mol. The second-order valence-corrected chi connectivity index (χ2v) is 10.0. The van der Waals surface area contributed by atoms with Gasteiger partial charge in [-0.25, -0.2) is 8.42 Å². The molecule has 1 aliphatic heterocycles. The lowest BCUT2D eigenvalue weighted by atomic mass is 10.1. The summed E-state index contributed by atoms with van der Waals surface area (Å²) in [6, 6.07) is 8.67. The predicted octanol–water partition coefficient (Wildman–Crippen LogP) is 3.02. The molecule has 1 aliphatic rings. The fourth-order valence-electron chi connectivity index (χ4n) is 4.02. The topological polar surface area (TPSA) is 92.4 Å². The Kier molecular flexibility index (Phi) is 5.86. The fourth-order valence-corrected chi connectivity index (χ4v) is 5.67. The van der Waals surface area contributed by atoms with Gasteiger partial charge in [0.1, 0.15) is 10.9 Å². The Morgan fingerprint density at radius 3 is 2.73 bits per heavy atom. The lowest BCUT2D eigenvalue weighted by molar-refractivity contribution is 0.146. The van der Waals surface area contributed by atoms with Crippen molar-refractivity contribution in [1.82, 2.24) is 24.3 Å². The van der Waals surface area contributed by atoms with Crippen LogP contribution < -0.4 is 0 Å². The fraction of sp³-hybridized carbons (Fsp3) is 0.476. The maximum absolute atomic E-state index is 13.7. The molecule has 3 aromatic rings. The molecule has 9 heteroatoms. The van der Waals surface area contributed by atoms with Gasteiger partial charge in [-0.1, -0.05) is 37.2 Å². The highest BCUT2D eigenvalue weighted by molar-refractivity contribution is 7.89. The number of aryl methyl sites for hydroxylation is 1. The Bertz CT molecular complexity index is 1120. The van der Waals surface area contributed by atoms with Crippen molar-refractivity contribution < 1.29 is 12.9 Å². The van der Waals surface area contributed by atoms with Crippen molar-refractivity contribution in [2.75, 3.05) is 26.2 Å². The average molecular weight is 430 g/mol. The number of rotatable bonds is 5. The second-order valence-electron chi connectivity index (χ2n) is 8.13. The van der Waals surface area contributed by atoms with Crippen LogP contribution in [0, 0.1) is 12.8 Å². The molecule has 2 aromatic heterocycles. The van der Waals surface area contributed by atoms with Gasteiger partial charge in [-0.2, -0.15) is 9.29 Å². The standard InChI is InChI=1S/C21H27N5O3S/c1-15(2)13-25-11-6-12-26(14-18(25)21-23-16(3)24-29-21)30(27,28)19-9-4-7-17-8-5-10-22-20(17)19/h4-5,7-10,15,18H,6,11-14H2,1-3H3. The van der Waals surface area contributed by atoms with E-state index in [0.717, 1.165) is 24.9 Å². The number of hydrogen-bond donors (Lipinski definition) is 0. The smallest absolute Gasteiger partial charge is 0.245 e. The first-order valence-electron chi connectivity index (χ1n) is 10.2. The number of aromatic nitrogens is 3. The van der Waals surface area contributed by atoms with E-state index in [1.165, 1.54) is 0 Å². The zero-order valence-electron chi connectivity index (χ0n) is 17.5. The molecular weight excluding hydrogens is 402 g/mol. The normalized spacial score (nSPS) is 19.4. The molecule has 1 fully saturated rings. The summed E-state index contributed by atoms with van der Waals surface area (Å²) in [6.45, 7) is 8.37. The molecule has 30 heavy (non-hydrogen) atoms. The van der Waals surface area contributed by atoms with Crippen molar-refractivity contribution in [1.29, 1.82) is 0 Å². The van der Waals surface area contributed by atoms with Gasteiger partial charge >= 0.3 is 0 Å². The van der Waals surface area contributed by atoms with Crippen LogP contribution in [0.25, 0.3) is 10.9 Å². The molecule has 0 bridgehead atoms. The molecule has 1 unspecified atom stereocenters. The van der Waals surface area contributed by atoms with E-state index < -0.39 is 10.0 Å². The van der Waals surface area contributed by atoms with Crippen molar-refractivity contribution in [3.63, 3.8) is 0 Å². The number of pyridine rings is 1. The predicted molar refractivity (Wildman–Crippen MR) is 113 cm³/mol. The highest BCUT2D eigenvalue weighted by Gasteiger charge is 2.36. The largest absolute Gasteiger partial charge is 0.338 e. The first-order valence-corrected chi connectivity index (χ1v) is 11.7. The van der Waals surface area contributed by atoms with Gasteiger partial charge in [0, 0.05) is 37.8 Å². The molecule has 0 amide bonds. The molecule has 1 aromatic carbocycles. The van der Waals surface area contributed by atoms with Crippen LogP contribution in [0.4, 0.5) is 0 Å². The van der Waals surface area contributed by atoms with E-state index in [4.69, 9.17) is 4.52 Å². The van der Waals surface area contributed by atoms with Gasteiger partial charge in [0.25, 0.3) is 0 Å². The number of benzene rings is 1. The number of hydrogen-bond acceptors (Lipinski definition) is 7. The van der Waals surface area contributed by atoms with Crippen molar-refractivity contribution in [2.24, 2.45) is 5.92 Å². The third-order valence-electron chi connectivity index (χ3n) is 5.31. The summed E-state index contributed by atoms with van der Waals surface area (Å²) < 4.78 is 34.3. The highest BCUT2D eigenvalue weighted by atomic mass is 32.2. The van der Waals surface area contributed by atoms with E-state index in [0.29, 0.717) is 29.7 Å². The second kappa shape index (κ2) is 8.41. The van der Waals surface area contributed by atoms with Crippen LogP contribution in [0.1, 0.15) is 38.0 Å². The van der Waals surface area contributed by atoms with E-state index in [9.17, 15) is 8.42 Å². The molecule has 8 nitrogen and oxygen atoms in total. The first-order chi connectivity index (χ1) is 14.4. The molecule has 0 radical (unpaired) electrons. The minimum absolute atomic E-state index is 0.235. The van der Waals surface area contributed by atoms with E-state index in [2.05, 4.69) is 33.9 Å². The zero-order chi connectivity index (χ0) is 21.3. The molecule has 3 heterocycles. The highest BCUT2D eigenvalue weighted by Crippen LogP contribution is 2.30. The molecule has 0 N–H and O–H groups in total. The van der Waals surface area contributed by atoms with Crippen LogP contribution in [0.15, 0.2) is 45.9 Å². The lowest BCUT2D eigenvalue weighted by Gasteiger charge is -2.30. The third-order valence-corrected chi connectivity index (χ3v) is 7.21. The zero-order valence-corrected chi connectivity index (χ0v) is 18.3. The molecular formula is C21H27N5O3S. The summed E-state index contributed by atoms with van der Waals surface area (Å²) in [4.78, 5) is 11.3. The quantitative estimate of drug-likeness (QED) is 0.615. The van der Waals surface area contributed by atoms with Gasteiger partial charge in [-0.05, 0) is 31.4 Å². The summed E-state index contributed by atoms with van der Waals surface area (Å²) in [6.07, 6.45) is 2.35. The van der Waals surface area contributed by atoms with Crippen LogP contribution in [-0.2, 0) is 10.0 Å². The van der Waals surface area contributed by atoms with Crippen LogP contribution >= 0.6 is 0 Å². The minimum Gasteiger partial charge on any atom is -0.338 e. The Morgan fingerprint density at radius 1 is 1.20 bits per heavy atom. The molecule has 0 aliphatic carbocycles. The van der Waals surface area contributed by atoms with Gasteiger partial charge in [0.2, 0.25) is 15.9 Å². The Morgan fingerprint density at radius 2 is 2.00 bits per heavy atom. The molecule has 1 saturated heterocycles. The molecule has 1 atom stereocenters. The van der Waals surface area contributed by atoms with E-state index in [1.54, 1.807) is 29.6 Å². The number of para-hydroxylation sites is 1. The van der Waals surface area contributed by atoms with Crippen LogP contribution in [0.2, 0.25) is 0 Å². The van der Waals surface area contributed by atoms with Gasteiger partial charge in [-0.15, -0.1) is 0 Å². The Labute approximate surface area is 176 Å². The number of nitrogens with zero attached hydrogens (tertiary/aromatic N) is 5. The molecule has 0 saturated carbocycles. The minimum atomic E-state index is -3.74. The van der Waals surface area contributed by atoms with Crippen molar-refractivity contribution in [3.05, 3.63) is 48.2 Å². The lowest BCUT2D eigenvalue weighted by Crippen LogP contribution is -2.39. The summed E-state index contributed by atoms with van der Waals surface area (Å²) in [5.74, 6) is 1.44. The SMILES string of the molecule is Cc1noc(C2CN(S(=O)(=O)c3cccc4cccnc34)CCCN2CC(C)C)n1. The summed E-state index contributed by atoms with van der Waals surface area (Å²) in [7, 11) is -3.74. The Hall–Kier alpha value is -2.36. The van der Waals surface area contributed by atoms with Crippen LogP contribution in [-0.4, -0.2) is 58.9 Å². The third kappa shape index (κ3) is 4.10. The van der Waals surface area contributed by atoms with Gasteiger partial charge in [0.05, 0.1) is 5.52 Å². The maximum atomic E-state index is 13.7. The summed E-state index contributed by atoms with van der Waals surface area (Å²) >= 11 is 0. The first kappa shape index (κ1) is 20.9. The van der Waals surface area contributed by atoms with Gasteiger partial charge < -0.3 is 4.52 Å².